The lowest BCUT2D eigenvalue weighted by atomic mass is 9.99. The molecular formula is C25H35N3O4S. The van der Waals surface area contributed by atoms with E-state index >= 15 is 0 Å². The van der Waals surface area contributed by atoms with Crippen LogP contribution in [0.4, 0.5) is 0 Å². The van der Waals surface area contributed by atoms with Crippen molar-refractivity contribution in [3.63, 3.8) is 0 Å². The van der Waals surface area contributed by atoms with Gasteiger partial charge in [-0.2, -0.15) is 0 Å². The second-order valence-corrected chi connectivity index (χ2v) is 10.8. The lowest BCUT2D eigenvalue weighted by Crippen LogP contribution is -2.32. The molecule has 4 rings (SSSR count). The Bertz CT molecular complexity index is 1070. The molecule has 180 valence electrons. The number of rotatable bonds is 9. The minimum absolute atomic E-state index is 0.349. The van der Waals surface area contributed by atoms with Crippen LogP contribution in [0.2, 0.25) is 0 Å². The molecule has 0 saturated carbocycles. The number of hydrogen-bond donors (Lipinski definition) is 1. The fraction of sp³-hybridized carbons (Fsp3) is 0.520. The number of sulfonamides is 1. The molecule has 7 nitrogen and oxygen atoms in total. The molecule has 1 N–H and O–H groups in total. The smallest absolute Gasteiger partial charge is 0.240 e. The van der Waals surface area contributed by atoms with Gasteiger partial charge in [-0.15, -0.1) is 0 Å². The molecule has 1 unspecified atom stereocenters. The van der Waals surface area contributed by atoms with Crippen LogP contribution in [-0.2, 0) is 29.5 Å². The topological polar surface area (TPSA) is 71.1 Å². The molecule has 0 aromatic heterocycles. The highest BCUT2D eigenvalue weighted by molar-refractivity contribution is 7.89. The Kier molecular flexibility index (Phi) is 7.58. The van der Waals surface area contributed by atoms with Gasteiger partial charge in [0.05, 0.1) is 19.1 Å². The SMILES string of the molecule is COc1ccc(OC)c(CN2CCc3ccc(S(=O)(=O)NCCC4CCCN4C)cc3C2)c1. The van der Waals surface area contributed by atoms with E-state index in [4.69, 9.17) is 9.47 Å². The van der Waals surface area contributed by atoms with Crippen molar-refractivity contribution in [3.8, 4) is 11.5 Å². The van der Waals surface area contributed by atoms with Crippen molar-refractivity contribution >= 4 is 10.0 Å². The molecule has 0 spiro atoms. The maximum atomic E-state index is 12.9. The third-order valence-electron chi connectivity index (χ3n) is 6.90. The molecule has 2 aliphatic rings. The van der Waals surface area contributed by atoms with Gasteiger partial charge in [0, 0.05) is 37.8 Å². The van der Waals surface area contributed by atoms with E-state index in [0.29, 0.717) is 30.6 Å². The van der Waals surface area contributed by atoms with Crippen molar-refractivity contribution in [1.82, 2.24) is 14.5 Å². The molecule has 8 heteroatoms. The van der Waals surface area contributed by atoms with Gasteiger partial charge < -0.3 is 14.4 Å². The Morgan fingerprint density at radius 1 is 1.06 bits per heavy atom. The fourth-order valence-corrected chi connectivity index (χ4v) is 6.03. The molecule has 0 amide bonds. The second-order valence-electron chi connectivity index (χ2n) is 9.03. The summed E-state index contributed by atoms with van der Waals surface area (Å²) in [5.41, 5.74) is 3.35. The number of fused-ring (bicyclic) bond motifs is 1. The zero-order chi connectivity index (χ0) is 23.4. The maximum Gasteiger partial charge on any atom is 0.240 e. The van der Waals surface area contributed by atoms with Gasteiger partial charge in [0.1, 0.15) is 11.5 Å². The zero-order valence-corrected chi connectivity index (χ0v) is 20.7. The van der Waals surface area contributed by atoms with Crippen LogP contribution < -0.4 is 14.2 Å². The Balaban J connectivity index is 1.43. The molecule has 2 aliphatic heterocycles. The van der Waals surface area contributed by atoms with E-state index in [1.165, 1.54) is 12.0 Å². The molecule has 1 fully saturated rings. The summed E-state index contributed by atoms with van der Waals surface area (Å²) in [7, 11) is 1.92. The van der Waals surface area contributed by atoms with E-state index in [-0.39, 0.29) is 0 Å². The number of hydrogen-bond acceptors (Lipinski definition) is 6. The van der Waals surface area contributed by atoms with Crippen LogP contribution in [0.5, 0.6) is 11.5 Å². The minimum Gasteiger partial charge on any atom is -0.497 e. The number of ether oxygens (including phenoxy) is 2. The van der Waals surface area contributed by atoms with Crippen LogP contribution in [0.1, 0.15) is 36.0 Å². The van der Waals surface area contributed by atoms with Crippen LogP contribution >= 0.6 is 0 Å². The molecular weight excluding hydrogens is 438 g/mol. The highest BCUT2D eigenvalue weighted by Crippen LogP contribution is 2.28. The van der Waals surface area contributed by atoms with Gasteiger partial charge >= 0.3 is 0 Å². The average Bonchev–Trinajstić information content (AvgIpc) is 3.23. The summed E-state index contributed by atoms with van der Waals surface area (Å²) < 4.78 is 39.6. The first-order valence-electron chi connectivity index (χ1n) is 11.6. The number of nitrogens with zero attached hydrogens (tertiary/aromatic N) is 2. The van der Waals surface area contributed by atoms with Gasteiger partial charge in [0.25, 0.3) is 0 Å². The monoisotopic (exact) mass is 473 g/mol. The van der Waals surface area contributed by atoms with E-state index in [9.17, 15) is 8.42 Å². The van der Waals surface area contributed by atoms with Crippen LogP contribution in [0.15, 0.2) is 41.3 Å². The number of nitrogens with one attached hydrogen (secondary N) is 1. The van der Waals surface area contributed by atoms with Crippen molar-refractivity contribution in [1.29, 1.82) is 0 Å². The quantitative estimate of drug-likeness (QED) is 0.604. The first kappa shape index (κ1) is 24.0. The maximum absolute atomic E-state index is 12.9. The van der Waals surface area contributed by atoms with E-state index in [1.54, 1.807) is 20.3 Å². The fourth-order valence-electron chi connectivity index (χ4n) is 4.93. The normalized spacial score (nSPS) is 19.4. The van der Waals surface area contributed by atoms with Crippen LogP contribution in [0, 0.1) is 0 Å². The van der Waals surface area contributed by atoms with E-state index < -0.39 is 10.0 Å². The molecule has 0 radical (unpaired) electrons. The largest absolute Gasteiger partial charge is 0.497 e. The molecule has 2 aromatic carbocycles. The highest BCUT2D eigenvalue weighted by atomic mass is 32.2. The van der Waals surface area contributed by atoms with Gasteiger partial charge in [0.15, 0.2) is 0 Å². The summed E-state index contributed by atoms with van der Waals surface area (Å²) in [6.45, 7) is 3.89. The average molecular weight is 474 g/mol. The molecule has 0 bridgehead atoms. The van der Waals surface area contributed by atoms with Crippen LogP contribution in [-0.4, -0.2) is 65.2 Å². The first-order chi connectivity index (χ1) is 15.9. The van der Waals surface area contributed by atoms with E-state index in [2.05, 4.69) is 21.6 Å². The summed E-state index contributed by atoms with van der Waals surface area (Å²) in [6.07, 6.45) is 4.07. The Hall–Kier alpha value is -2.13. The van der Waals surface area contributed by atoms with Crippen molar-refractivity contribution < 1.29 is 17.9 Å². The number of methoxy groups -OCH3 is 2. The van der Waals surface area contributed by atoms with Gasteiger partial charge in [-0.25, -0.2) is 13.1 Å². The standard InChI is InChI=1S/C25H35N3O4S/c1-27-13-4-5-22(27)10-12-26-33(29,30)24-8-6-19-11-14-28(17-20(19)16-24)18-21-15-23(31-2)7-9-25(21)32-3/h6-9,15-16,22,26H,4-5,10-14,17-18H2,1-3H3. The lowest BCUT2D eigenvalue weighted by Gasteiger charge is -2.29. The van der Waals surface area contributed by atoms with Crippen LogP contribution in [0.25, 0.3) is 0 Å². The van der Waals surface area contributed by atoms with Gasteiger partial charge in [-0.05, 0) is 80.7 Å². The third-order valence-corrected chi connectivity index (χ3v) is 8.36. The summed E-state index contributed by atoms with van der Waals surface area (Å²) in [6, 6.07) is 11.8. The second kappa shape index (κ2) is 10.4. The van der Waals surface area contributed by atoms with Gasteiger partial charge in [-0.3, -0.25) is 4.90 Å². The Labute approximate surface area is 197 Å². The molecule has 1 saturated heterocycles. The molecule has 1 atom stereocenters. The molecule has 2 aromatic rings. The molecule has 0 aliphatic carbocycles. The van der Waals surface area contributed by atoms with Crippen molar-refractivity contribution in [2.24, 2.45) is 0 Å². The lowest BCUT2D eigenvalue weighted by molar-refractivity contribution is 0.241. The summed E-state index contributed by atoms with van der Waals surface area (Å²) in [4.78, 5) is 4.99. The van der Waals surface area contributed by atoms with Crippen LogP contribution in [0.3, 0.4) is 0 Å². The predicted octanol–water partition coefficient (Wildman–Crippen LogP) is 3.02. The van der Waals surface area contributed by atoms with Gasteiger partial charge in [-0.1, -0.05) is 6.07 Å². The molecule has 2 heterocycles. The number of benzene rings is 2. The summed E-state index contributed by atoms with van der Waals surface area (Å²) in [5, 5.41) is 0. The predicted molar refractivity (Wildman–Crippen MR) is 129 cm³/mol. The highest BCUT2D eigenvalue weighted by Gasteiger charge is 2.24. The number of likely N-dealkylation sites (tertiary alicyclic amines) is 1. The van der Waals surface area contributed by atoms with E-state index in [0.717, 1.165) is 55.0 Å². The summed E-state index contributed by atoms with van der Waals surface area (Å²) in [5.74, 6) is 1.63. The van der Waals surface area contributed by atoms with E-state index in [1.807, 2.05) is 30.3 Å². The molecule has 33 heavy (non-hydrogen) atoms. The van der Waals surface area contributed by atoms with Crippen molar-refractivity contribution in [2.75, 3.05) is 40.9 Å². The van der Waals surface area contributed by atoms with Gasteiger partial charge in [0.2, 0.25) is 10.0 Å². The summed E-state index contributed by atoms with van der Waals surface area (Å²) >= 11 is 0. The first-order valence-corrected chi connectivity index (χ1v) is 13.1. The third kappa shape index (κ3) is 5.69. The Morgan fingerprint density at radius 2 is 1.91 bits per heavy atom. The minimum atomic E-state index is -3.52. The Morgan fingerprint density at radius 3 is 2.64 bits per heavy atom. The zero-order valence-electron chi connectivity index (χ0n) is 19.8. The van der Waals surface area contributed by atoms with Crippen molar-refractivity contribution in [3.05, 3.63) is 53.1 Å². The van der Waals surface area contributed by atoms with Crippen molar-refractivity contribution in [2.45, 2.75) is 49.7 Å².